The minimum absolute atomic E-state index is 0.0388. The highest BCUT2D eigenvalue weighted by atomic mass is 16.1. The number of aldehydes is 1. The summed E-state index contributed by atoms with van der Waals surface area (Å²) in [5.41, 5.74) is 15.5. The fourth-order valence-corrected chi connectivity index (χ4v) is 3.44. The largest absolute Gasteiger partial charge is 0.404 e. The molecule has 10 nitrogen and oxygen atoms in total. The predicted octanol–water partition coefficient (Wildman–Crippen LogP) is 1.57. The first-order chi connectivity index (χ1) is 15.3. The van der Waals surface area contributed by atoms with Gasteiger partial charge in [-0.25, -0.2) is 9.97 Å². The van der Waals surface area contributed by atoms with Gasteiger partial charge in [-0.1, -0.05) is 13.8 Å². The van der Waals surface area contributed by atoms with Gasteiger partial charge in [0, 0.05) is 17.3 Å². The highest BCUT2D eigenvalue weighted by molar-refractivity contribution is 6.04. The summed E-state index contributed by atoms with van der Waals surface area (Å²) in [6.45, 7) is 4.12. The second kappa shape index (κ2) is 10.5. The molecule has 1 amide bonds. The van der Waals surface area contributed by atoms with Crippen LogP contribution in [0.2, 0.25) is 0 Å². The Morgan fingerprint density at radius 3 is 2.38 bits per heavy atom. The smallest absolute Gasteiger partial charge is 0.271 e. The monoisotopic (exact) mass is 439 g/mol. The molecule has 1 heterocycles. The van der Waals surface area contributed by atoms with Crippen LogP contribution in [0.25, 0.3) is 0 Å². The molecule has 0 radical (unpaired) electrons. The van der Waals surface area contributed by atoms with Gasteiger partial charge >= 0.3 is 0 Å². The van der Waals surface area contributed by atoms with E-state index >= 15 is 0 Å². The van der Waals surface area contributed by atoms with E-state index in [-0.39, 0.29) is 23.2 Å². The van der Waals surface area contributed by atoms with E-state index in [2.05, 4.69) is 40.2 Å². The first-order valence-electron chi connectivity index (χ1n) is 10.1. The Labute approximate surface area is 186 Å². The molecule has 1 aromatic carbocycles. The lowest BCUT2D eigenvalue weighted by Crippen LogP contribution is -2.28. The van der Waals surface area contributed by atoms with E-state index < -0.39 is 11.4 Å². The number of aromatic nitrogens is 2. The molecule has 0 bridgehead atoms. The number of nitrogens with zero attached hydrogens (tertiary/aromatic N) is 2. The Kier molecular flexibility index (Phi) is 8.03. The molecule has 1 aliphatic carbocycles. The van der Waals surface area contributed by atoms with Gasteiger partial charge in [0.2, 0.25) is 0 Å². The molecule has 2 aromatic rings. The van der Waals surface area contributed by atoms with Crippen molar-refractivity contribution in [2.75, 3.05) is 17.7 Å². The van der Waals surface area contributed by atoms with Crippen LogP contribution in [0.4, 0.5) is 17.3 Å². The Bertz CT molecular complexity index is 1010. The highest BCUT2D eigenvalue weighted by Crippen LogP contribution is 2.48. The fraction of sp³-hybridized carbons (Fsp3) is 0.318. The Morgan fingerprint density at radius 1 is 1.22 bits per heavy atom. The number of rotatable bonds is 9. The van der Waals surface area contributed by atoms with E-state index in [4.69, 9.17) is 11.5 Å². The van der Waals surface area contributed by atoms with Crippen LogP contribution in [0.15, 0.2) is 42.7 Å². The van der Waals surface area contributed by atoms with Gasteiger partial charge in [-0.05, 0) is 55.8 Å². The third-order valence-corrected chi connectivity index (χ3v) is 5.12. The lowest BCUT2D eigenvalue weighted by atomic mass is 10.0. The zero-order valence-corrected chi connectivity index (χ0v) is 18.3. The van der Waals surface area contributed by atoms with Crippen LogP contribution >= 0.6 is 0 Å². The van der Waals surface area contributed by atoms with E-state index in [1.54, 1.807) is 24.3 Å². The quantitative estimate of drug-likeness (QED) is 0.220. The van der Waals surface area contributed by atoms with Crippen LogP contribution in [0, 0.1) is 11.8 Å². The molecular weight excluding hydrogens is 410 g/mol. The van der Waals surface area contributed by atoms with Crippen LogP contribution in [0.3, 0.4) is 0 Å². The lowest BCUT2D eigenvalue weighted by molar-refractivity contribution is -0.109. The number of allylic oxidation sites excluding steroid dienone is 1. The molecule has 0 aliphatic heterocycles. The lowest BCUT2D eigenvalue weighted by Gasteiger charge is -2.17. The van der Waals surface area contributed by atoms with Gasteiger partial charge in [-0.2, -0.15) is 0 Å². The molecule has 8 N–H and O–H groups in total. The summed E-state index contributed by atoms with van der Waals surface area (Å²) in [4.78, 5) is 43.8. The SMILES string of the molecule is CC(C)C1C[C@]1(C=O)Nc1cnc(C(N)=O)c(Nc2ccc(C(=O)/C=C\N)cc2)n1.CN. The topological polar surface area (TPSA) is 179 Å². The summed E-state index contributed by atoms with van der Waals surface area (Å²) in [7, 11) is 1.50. The number of hydrogen-bond donors (Lipinski definition) is 5. The second-order valence-corrected chi connectivity index (χ2v) is 7.58. The van der Waals surface area contributed by atoms with Gasteiger partial charge in [0.1, 0.15) is 12.1 Å². The maximum Gasteiger partial charge on any atom is 0.271 e. The van der Waals surface area contributed by atoms with Crippen LogP contribution < -0.4 is 27.8 Å². The molecule has 3 rings (SSSR count). The van der Waals surface area contributed by atoms with Crippen molar-refractivity contribution < 1.29 is 14.4 Å². The van der Waals surface area contributed by atoms with Crippen molar-refractivity contribution in [3.8, 4) is 0 Å². The number of primary amides is 1. The Morgan fingerprint density at radius 2 is 1.88 bits per heavy atom. The second-order valence-electron chi connectivity index (χ2n) is 7.58. The highest BCUT2D eigenvalue weighted by Gasteiger charge is 2.56. The summed E-state index contributed by atoms with van der Waals surface area (Å²) in [6, 6.07) is 6.55. The number of nitrogens with one attached hydrogen (secondary N) is 2. The summed E-state index contributed by atoms with van der Waals surface area (Å²) in [6.07, 6.45) is 5.44. The first kappa shape index (κ1) is 24.5. The van der Waals surface area contributed by atoms with E-state index in [1.807, 2.05) is 0 Å². The molecule has 10 heteroatoms. The van der Waals surface area contributed by atoms with Crippen molar-refractivity contribution in [2.45, 2.75) is 25.8 Å². The first-order valence-corrected chi connectivity index (χ1v) is 10.1. The van der Waals surface area contributed by atoms with Crippen molar-refractivity contribution >= 4 is 35.3 Å². The molecule has 1 aromatic heterocycles. The molecule has 1 fully saturated rings. The van der Waals surface area contributed by atoms with Crippen molar-refractivity contribution in [2.24, 2.45) is 29.0 Å². The molecule has 170 valence electrons. The standard InChI is InChI=1S/C21H24N6O3.CH5N/c1-12(2)15-9-21(15,11-28)27-17-10-24-18(19(23)30)20(26-17)25-14-5-3-13(4-6-14)16(29)7-8-22;1-2/h3-8,10-12,15H,9,22H2,1-2H3,(H2,23,30)(H2,25,26,27);2H2,1H3/b8-7-;/t15?,21-;/m1./s1. The van der Waals surface area contributed by atoms with Crippen molar-refractivity contribution in [3.05, 3.63) is 54.0 Å². The molecular formula is C22H29N7O3. The van der Waals surface area contributed by atoms with E-state index in [0.29, 0.717) is 29.4 Å². The van der Waals surface area contributed by atoms with Gasteiger partial charge in [-0.3, -0.25) is 9.59 Å². The van der Waals surface area contributed by atoms with Crippen LogP contribution in [0.1, 0.15) is 41.1 Å². The number of amides is 1. The number of nitrogens with two attached hydrogens (primary N) is 3. The third-order valence-electron chi connectivity index (χ3n) is 5.12. The molecule has 2 atom stereocenters. The normalized spacial score (nSPS) is 19.1. The number of anilines is 3. The van der Waals surface area contributed by atoms with E-state index in [0.717, 1.165) is 6.29 Å². The summed E-state index contributed by atoms with van der Waals surface area (Å²) < 4.78 is 0. The zero-order chi connectivity index (χ0) is 23.9. The summed E-state index contributed by atoms with van der Waals surface area (Å²) in [5, 5.41) is 6.14. The number of ketones is 1. The van der Waals surface area contributed by atoms with Gasteiger partial charge < -0.3 is 32.6 Å². The zero-order valence-electron chi connectivity index (χ0n) is 18.3. The van der Waals surface area contributed by atoms with Crippen LogP contribution in [0.5, 0.6) is 0 Å². The summed E-state index contributed by atoms with van der Waals surface area (Å²) in [5.74, 6) is 0.0863. The van der Waals surface area contributed by atoms with Gasteiger partial charge in [0.25, 0.3) is 5.91 Å². The third kappa shape index (κ3) is 5.46. The number of benzene rings is 1. The maximum atomic E-state index is 11.8. The van der Waals surface area contributed by atoms with Crippen molar-refractivity contribution in [1.82, 2.24) is 9.97 Å². The predicted molar refractivity (Wildman–Crippen MR) is 123 cm³/mol. The molecule has 0 spiro atoms. The minimum Gasteiger partial charge on any atom is -0.404 e. The summed E-state index contributed by atoms with van der Waals surface area (Å²) >= 11 is 0. The molecule has 1 unspecified atom stereocenters. The van der Waals surface area contributed by atoms with Gasteiger partial charge in [-0.15, -0.1) is 0 Å². The molecule has 0 saturated heterocycles. The van der Waals surface area contributed by atoms with Crippen molar-refractivity contribution in [1.29, 1.82) is 0 Å². The molecule has 1 saturated carbocycles. The average Bonchev–Trinajstić information content (AvgIpc) is 3.51. The molecule has 32 heavy (non-hydrogen) atoms. The Balaban J connectivity index is 0.00000176. The van der Waals surface area contributed by atoms with E-state index in [9.17, 15) is 14.4 Å². The number of hydrogen-bond acceptors (Lipinski definition) is 9. The average molecular weight is 440 g/mol. The maximum absolute atomic E-state index is 11.8. The van der Waals surface area contributed by atoms with Crippen LogP contribution in [-0.2, 0) is 4.79 Å². The van der Waals surface area contributed by atoms with Crippen molar-refractivity contribution in [3.63, 3.8) is 0 Å². The number of carbonyl (C=O) groups excluding carboxylic acids is 3. The van der Waals surface area contributed by atoms with Crippen LogP contribution in [-0.4, -0.2) is 40.5 Å². The molecule has 1 aliphatic rings. The Hall–Kier alpha value is -3.79. The van der Waals surface area contributed by atoms with E-state index in [1.165, 1.54) is 25.5 Å². The minimum atomic E-state index is -0.743. The van der Waals surface area contributed by atoms with Gasteiger partial charge in [0.15, 0.2) is 17.3 Å². The number of carbonyl (C=O) groups is 3. The van der Waals surface area contributed by atoms with Gasteiger partial charge in [0.05, 0.1) is 11.7 Å². The fourth-order valence-electron chi connectivity index (χ4n) is 3.44.